The molecule has 1 aromatic carbocycles. The molecule has 2 nitrogen and oxygen atoms in total. The molecule has 0 spiro atoms. The second-order valence-electron chi connectivity index (χ2n) is 4.57. The normalized spacial score (nSPS) is 16.6. The van der Waals surface area contributed by atoms with Crippen LogP contribution in [0.25, 0.3) is 0 Å². The third-order valence-electron chi connectivity index (χ3n) is 3.05. The van der Waals surface area contributed by atoms with E-state index in [2.05, 4.69) is 19.2 Å². The summed E-state index contributed by atoms with van der Waals surface area (Å²) in [6.07, 6.45) is 0.997. The minimum Gasteiger partial charge on any atom is -0.394 e. The van der Waals surface area contributed by atoms with E-state index in [0.717, 1.165) is 12.0 Å². The van der Waals surface area contributed by atoms with Crippen molar-refractivity contribution in [3.05, 3.63) is 33.8 Å². The van der Waals surface area contributed by atoms with E-state index >= 15 is 0 Å². The Morgan fingerprint density at radius 1 is 1.35 bits per heavy atom. The number of benzene rings is 1. The van der Waals surface area contributed by atoms with E-state index in [1.54, 1.807) is 12.1 Å². The fraction of sp³-hybridized carbons (Fsp3) is 0.538. The van der Waals surface area contributed by atoms with E-state index < -0.39 is 5.54 Å². The van der Waals surface area contributed by atoms with Crippen LogP contribution in [0.5, 0.6) is 0 Å². The Kier molecular flexibility index (Phi) is 5.26. The minimum absolute atomic E-state index is 0.00923. The molecule has 2 unspecified atom stereocenters. The van der Waals surface area contributed by atoms with E-state index in [9.17, 15) is 5.11 Å². The molecule has 0 aliphatic rings. The van der Waals surface area contributed by atoms with Gasteiger partial charge in [-0.05, 0) is 38.0 Å². The molecule has 0 amide bonds. The maximum atomic E-state index is 9.60. The molecule has 0 saturated heterocycles. The Balaban J connectivity index is 3.02. The Morgan fingerprint density at radius 3 is 2.47 bits per heavy atom. The van der Waals surface area contributed by atoms with Crippen molar-refractivity contribution in [3.63, 3.8) is 0 Å². The third-order valence-corrected chi connectivity index (χ3v) is 3.79. The Hall–Kier alpha value is -0.280. The van der Waals surface area contributed by atoms with E-state index in [1.807, 2.05) is 13.0 Å². The van der Waals surface area contributed by atoms with Crippen LogP contribution < -0.4 is 5.32 Å². The highest BCUT2D eigenvalue weighted by Crippen LogP contribution is 2.29. The molecule has 0 fully saturated rings. The zero-order valence-electron chi connectivity index (χ0n) is 10.4. The van der Waals surface area contributed by atoms with Crippen LogP contribution in [0.3, 0.4) is 0 Å². The van der Waals surface area contributed by atoms with Gasteiger partial charge in [-0.2, -0.15) is 0 Å². The first kappa shape index (κ1) is 14.8. The molecule has 0 saturated carbocycles. The summed E-state index contributed by atoms with van der Waals surface area (Å²) >= 11 is 11.9. The molecule has 4 heteroatoms. The largest absolute Gasteiger partial charge is 0.394 e. The van der Waals surface area contributed by atoms with Crippen LogP contribution in [0.4, 0.5) is 0 Å². The summed E-state index contributed by atoms with van der Waals surface area (Å²) in [5.41, 5.74) is 0.443. The molecular formula is C13H19Cl2NO. The molecule has 0 aromatic heterocycles. The lowest BCUT2D eigenvalue weighted by Gasteiger charge is -2.32. The standard InChI is InChI=1S/C13H19Cl2NO/c1-4-9(2)16-13(3,8-17)10-5-6-11(14)12(15)7-10/h5-7,9,16-17H,4,8H2,1-3H3. The number of aliphatic hydroxyl groups excluding tert-OH is 1. The van der Waals surface area contributed by atoms with Gasteiger partial charge in [-0.1, -0.05) is 36.2 Å². The van der Waals surface area contributed by atoms with E-state index in [4.69, 9.17) is 23.2 Å². The summed E-state index contributed by atoms with van der Waals surface area (Å²) in [5.74, 6) is 0. The van der Waals surface area contributed by atoms with Crippen LogP contribution in [0.2, 0.25) is 10.0 Å². The second kappa shape index (κ2) is 6.05. The van der Waals surface area contributed by atoms with Crippen molar-refractivity contribution in [2.75, 3.05) is 6.61 Å². The molecule has 96 valence electrons. The van der Waals surface area contributed by atoms with Crippen molar-refractivity contribution in [3.8, 4) is 0 Å². The van der Waals surface area contributed by atoms with Gasteiger partial charge in [-0.15, -0.1) is 0 Å². The van der Waals surface area contributed by atoms with Gasteiger partial charge in [-0.3, -0.25) is 0 Å². The van der Waals surface area contributed by atoms with Crippen molar-refractivity contribution >= 4 is 23.2 Å². The average Bonchev–Trinajstić information content (AvgIpc) is 2.32. The first-order valence-corrected chi connectivity index (χ1v) is 6.52. The predicted molar refractivity (Wildman–Crippen MR) is 73.8 cm³/mol. The molecule has 0 aliphatic carbocycles. The predicted octanol–water partition coefficient (Wildman–Crippen LogP) is 3.59. The molecular weight excluding hydrogens is 257 g/mol. The van der Waals surface area contributed by atoms with Crippen LogP contribution in [0, 0.1) is 0 Å². The highest BCUT2D eigenvalue weighted by Gasteiger charge is 2.27. The van der Waals surface area contributed by atoms with Gasteiger partial charge in [0.15, 0.2) is 0 Å². The summed E-state index contributed by atoms with van der Waals surface area (Å²) in [6, 6.07) is 5.77. The lowest BCUT2D eigenvalue weighted by molar-refractivity contribution is 0.162. The van der Waals surface area contributed by atoms with Crippen molar-refractivity contribution < 1.29 is 5.11 Å². The van der Waals surface area contributed by atoms with E-state index in [1.165, 1.54) is 0 Å². The molecule has 0 heterocycles. The van der Waals surface area contributed by atoms with E-state index in [0.29, 0.717) is 16.1 Å². The monoisotopic (exact) mass is 275 g/mol. The lowest BCUT2D eigenvalue weighted by Crippen LogP contribution is -2.47. The summed E-state index contributed by atoms with van der Waals surface area (Å²) in [5, 5.41) is 14.0. The first-order valence-electron chi connectivity index (χ1n) is 5.77. The fourth-order valence-corrected chi connectivity index (χ4v) is 2.00. The SMILES string of the molecule is CCC(C)NC(C)(CO)c1ccc(Cl)c(Cl)c1. The zero-order valence-corrected chi connectivity index (χ0v) is 11.9. The maximum Gasteiger partial charge on any atom is 0.0652 e. The van der Waals surface area contributed by atoms with Crippen LogP contribution in [0.1, 0.15) is 32.8 Å². The van der Waals surface area contributed by atoms with Gasteiger partial charge < -0.3 is 10.4 Å². The minimum atomic E-state index is -0.496. The van der Waals surface area contributed by atoms with Gasteiger partial charge in [0, 0.05) is 6.04 Å². The third kappa shape index (κ3) is 3.59. The van der Waals surface area contributed by atoms with Crippen LogP contribution in [-0.4, -0.2) is 17.8 Å². The topological polar surface area (TPSA) is 32.3 Å². The fourth-order valence-electron chi connectivity index (χ4n) is 1.71. The Labute approximate surface area is 113 Å². The number of aliphatic hydroxyl groups is 1. The molecule has 0 aliphatic heterocycles. The second-order valence-corrected chi connectivity index (χ2v) is 5.39. The Morgan fingerprint density at radius 2 is 2.00 bits per heavy atom. The summed E-state index contributed by atoms with van der Waals surface area (Å²) in [6.45, 7) is 6.16. The van der Waals surface area contributed by atoms with Crippen LogP contribution in [-0.2, 0) is 5.54 Å². The van der Waals surface area contributed by atoms with Crippen LogP contribution >= 0.6 is 23.2 Å². The van der Waals surface area contributed by atoms with Crippen molar-refractivity contribution in [1.82, 2.24) is 5.32 Å². The molecule has 17 heavy (non-hydrogen) atoms. The van der Waals surface area contributed by atoms with Gasteiger partial charge in [-0.25, -0.2) is 0 Å². The van der Waals surface area contributed by atoms with Gasteiger partial charge in [0.05, 0.1) is 22.2 Å². The maximum absolute atomic E-state index is 9.60. The van der Waals surface area contributed by atoms with Gasteiger partial charge in [0.1, 0.15) is 0 Å². The summed E-state index contributed by atoms with van der Waals surface area (Å²) in [7, 11) is 0. The number of hydrogen-bond donors (Lipinski definition) is 2. The number of halogens is 2. The number of nitrogens with one attached hydrogen (secondary N) is 1. The summed E-state index contributed by atoms with van der Waals surface area (Å²) in [4.78, 5) is 0. The first-order chi connectivity index (χ1) is 7.92. The van der Waals surface area contributed by atoms with Crippen LogP contribution in [0.15, 0.2) is 18.2 Å². The molecule has 2 N–H and O–H groups in total. The highest BCUT2D eigenvalue weighted by molar-refractivity contribution is 6.42. The quantitative estimate of drug-likeness (QED) is 0.861. The zero-order chi connectivity index (χ0) is 13.1. The smallest absolute Gasteiger partial charge is 0.0652 e. The lowest BCUT2D eigenvalue weighted by atomic mass is 9.91. The van der Waals surface area contributed by atoms with Crippen molar-refractivity contribution in [2.24, 2.45) is 0 Å². The molecule has 1 aromatic rings. The molecule has 0 radical (unpaired) electrons. The highest BCUT2D eigenvalue weighted by atomic mass is 35.5. The van der Waals surface area contributed by atoms with Crippen molar-refractivity contribution in [1.29, 1.82) is 0 Å². The van der Waals surface area contributed by atoms with Gasteiger partial charge >= 0.3 is 0 Å². The Bertz CT molecular complexity index is 384. The summed E-state index contributed by atoms with van der Waals surface area (Å²) < 4.78 is 0. The molecule has 0 bridgehead atoms. The average molecular weight is 276 g/mol. The van der Waals surface area contributed by atoms with E-state index in [-0.39, 0.29) is 6.61 Å². The number of hydrogen-bond acceptors (Lipinski definition) is 2. The number of rotatable bonds is 5. The van der Waals surface area contributed by atoms with Gasteiger partial charge in [0.2, 0.25) is 0 Å². The van der Waals surface area contributed by atoms with Crippen molar-refractivity contribution in [2.45, 2.75) is 38.8 Å². The molecule has 2 atom stereocenters. The van der Waals surface area contributed by atoms with Gasteiger partial charge in [0.25, 0.3) is 0 Å². The molecule has 1 rings (SSSR count).